The van der Waals surface area contributed by atoms with Crippen LogP contribution in [0.2, 0.25) is 0 Å². The fourth-order valence-electron chi connectivity index (χ4n) is 2.22. The van der Waals surface area contributed by atoms with E-state index < -0.39 is 5.91 Å². The molecule has 0 spiro atoms. The number of hydrogen-bond donors (Lipinski definition) is 2. The van der Waals surface area contributed by atoms with Gasteiger partial charge in [-0.15, -0.1) is 0 Å². The number of carbonyl (C=O) groups is 1. The summed E-state index contributed by atoms with van der Waals surface area (Å²) in [4.78, 5) is 15.8. The number of hydrogen-bond acceptors (Lipinski definition) is 4. The van der Waals surface area contributed by atoms with Crippen molar-refractivity contribution in [2.75, 3.05) is 7.05 Å². The molecule has 1 aromatic carbocycles. The molecule has 2 aromatic heterocycles. The number of fused-ring (bicyclic) bond motifs is 1. The van der Waals surface area contributed by atoms with Gasteiger partial charge in [-0.3, -0.25) is 4.79 Å². The fraction of sp³-hybridized carbons (Fsp3) is 0.133. The molecule has 0 aliphatic rings. The normalized spacial score (nSPS) is 10.9. The number of pyridine rings is 1. The first-order valence-electron chi connectivity index (χ1n) is 6.57. The lowest BCUT2D eigenvalue weighted by molar-refractivity contribution is 0.100. The number of nitrogens with zero attached hydrogens (tertiary/aromatic N) is 3. The van der Waals surface area contributed by atoms with Gasteiger partial charge in [-0.2, -0.15) is 5.10 Å². The van der Waals surface area contributed by atoms with E-state index in [4.69, 9.17) is 5.73 Å². The van der Waals surface area contributed by atoms with Crippen molar-refractivity contribution < 1.29 is 4.79 Å². The largest absolute Gasteiger partial charge is 0.366 e. The van der Waals surface area contributed by atoms with Crippen molar-refractivity contribution in [2.45, 2.75) is 6.54 Å². The van der Waals surface area contributed by atoms with Crippen LogP contribution in [-0.2, 0) is 6.54 Å². The minimum atomic E-state index is -0.483. The summed E-state index contributed by atoms with van der Waals surface area (Å²) in [6.07, 6.45) is 3.63. The van der Waals surface area contributed by atoms with Gasteiger partial charge in [0.1, 0.15) is 5.52 Å². The van der Waals surface area contributed by atoms with Gasteiger partial charge in [0, 0.05) is 24.3 Å². The zero-order valence-corrected chi connectivity index (χ0v) is 11.6. The minimum absolute atomic E-state index is 0.415. The van der Waals surface area contributed by atoms with Crippen molar-refractivity contribution in [3.63, 3.8) is 0 Å². The number of benzene rings is 1. The Labute approximate surface area is 121 Å². The van der Waals surface area contributed by atoms with Crippen molar-refractivity contribution in [3.8, 4) is 5.82 Å². The Kier molecular flexibility index (Phi) is 3.37. The Bertz CT molecular complexity index is 791. The van der Waals surface area contributed by atoms with Gasteiger partial charge in [0.2, 0.25) is 0 Å². The molecule has 3 aromatic rings. The molecule has 106 valence electrons. The van der Waals surface area contributed by atoms with Crippen LogP contribution in [0.1, 0.15) is 15.9 Å². The van der Waals surface area contributed by atoms with Crippen molar-refractivity contribution in [1.29, 1.82) is 0 Å². The molecule has 6 heteroatoms. The fourth-order valence-corrected chi connectivity index (χ4v) is 2.22. The summed E-state index contributed by atoms with van der Waals surface area (Å²) in [6, 6.07) is 9.23. The molecule has 3 rings (SSSR count). The highest BCUT2D eigenvalue weighted by Gasteiger charge is 2.11. The van der Waals surface area contributed by atoms with Crippen molar-refractivity contribution in [3.05, 3.63) is 53.9 Å². The van der Waals surface area contributed by atoms with Crippen molar-refractivity contribution >= 4 is 16.8 Å². The van der Waals surface area contributed by atoms with Crippen molar-refractivity contribution in [2.24, 2.45) is 5.73 Å². The van der Waals surface area contributed by atoms with Gasteiger partial charge in [0.25, 0.3) is 5.91 Å². The number of primary amides is 1. The van der Waals surface area contributed by atoms with Crippen LogP contribution >= 0.6 is 0 Å². The van der Waals surface area contributed by atoms with Crippen LogP contribution in [0.4, 0.5) is 0 Å². The van der Waals surface area contributed by atoms with Crippen LogP contribution in [-0.4, -0.2) is 27.7 Å². The number of amides is 1. The maximum absolute atomic E-state index is 11.4. The maximum atomic E-state index is 11.4. The smallest absolute Gasteiger partial charge is 0.250 e. The quantitative estimate of drug-likeness (QED) is 0.753. The molecule has 0 saturated heterocycles. The lowest BCUT2D eigenvalue weighted by Crippen LogP contribution is -2.11. The number of rotatable bonds is 4. The molecule has 21 heavy (non-hydrogen) atoms. The molecule has 1 amide bonds. The van der Waals surface area contributed by atoms with Gasteiger partial charge in [0.05, 0.1) is 5.56 Å². The Morgan fingerprint density at radius 1 is 1.33 bits per heavy atom. The SMILES string of the molecule is CNCc1ccc(-n2cc3cccc(C(N)=O)c3n2)nc1. The number of nitrogens with one attached hydrogen (secondary N) is 1. The van der Waals surface area contributed by atoms with E-state index in [2.05, 4.69) is 15.4 Å². The van der Waals surface area contributed by atoms with Crippen LogP contribution in [0.5, 0.6) is 0 Å². The number of carbonyl (C=O) groups excluding carboxylic acids is 1. The zero-order chi connectivity index (χ0) is 14.8. The van der Waals surface area contributed by atoms with E-state index in [9.17, 15) is 4.79 Å². The average molecular weight is 281 g/mol. The third-order valence-corrected chi connectivity index (χ3v) is 3.23. The first-order valence-corrected chi connectivity index (χ1v) is 6.57. The zero-order valence-electron chi connectivity index (χ0n) is 11.6. The van der Waals surface area contributed by atoms with Crippen LogP contribution in [0.15, 0.2) is 42.7 Å². The highest BCUT2D eigenvalue weighted by atomic mass is 16.1. The number of aromatic nitrogens is 3. The van der Waals surface area contributed by atoms with Gasteiger partial charge in [-0.25, -0.2) is 9.67 Å². The summed E-state index contributed by atoms with van der Waals surface area (Å²) in [5.74, 6) is 0.213. The van der Waals surface area contributed by atoms with Crippen LogP contribution in [0.3, 0.4) is 0 Å². The first kappa shape index (κ1) is 13.3. The van der Waals surface area contributed by atoms with Gasteiger partial charge < -0.3 is 11.1 Å². The molecule has 0 aliphatic heterocycles. The molecule has 2 heterocycles. The van der Waals surface area contributed by atoms with E-state index in [1.807, 2.05) is 31.4 Å². The molecular weight excluding hydrogens is 266 g/mol. The predicted molar refractivity (Wildman–Crippen MR) is 80.1 cm³/mol. The second-order valence-corrected chi connectivity index (χ2v) is 4.74. The predicted octanol–water partition coefficient (Wildman–Crippen LogP) is 1.24. The second-order valence-electron chi connectivity index (χ2n) is 4.74. The van der Waals surface area contributed by atoms with Crippen LogP contribution < -0.4 is 11.1 Å². The Hall–Kier alpha value is -2.73. The lowest BCUT2D eigenvalue weighted by Gasteiger charge is -2.02. The molecular formula is C15H15N5O. The molecule has 3 N–H and O–H groups in total. The Morgan fingerprint density at radius 3 is 2.86 bits per heavy atom. The van der Waals surface area contributed by atoms with E-state index in [0.29, 0.717) is 16.9 Å². The van der Waals surface area contributed by atoms with Gasteiger partial charge in [0.15, 0.2) is 5.82 Å². The Morgan fingerprint density at radius 2 is 2.19 bits per heavy atom. The van der Waals surface area contributed by atoms with E-state index in [1.165, 1.54) is 0 Å². The second kappa shape index (κ2) is 5.34. The van der Waals surface area contributed by atoms with Gasteiger partial charge in [-0.05, 0) is 24.7 Å². The number of nitrogens with two attached hydrogens (primary N) is 1. The molecule has 0 fully saturated rings. The molecule has 0 bridgehead atoms. The molecule has 0 saturated carbocycles. The molecule has 0 aliphatic carbocycles. The van der Waals surface area contributed by atoms with E-state index in [1.54, 1.807) is 23.0 Å². The molecule has 6 nitrogen and oxygen atoms in total. The summed E-state index contributed by atoms with van der Waals surface area (Å²) < 4.78 is 1.65. The first-order chi connectivity index (χ1) is 10.2. The average Bonchev–Trinajstić information content (AvgIpc) is 2.92. The summed E-state index contributed by atoms with van der Waals surface area (Å²) in [7, 11) is 1.89. The standard InChI is InChI=1S/C15H15N5O/c1-17-7-10-5-6-13(18-8-10)20-9-11-3-2-4-12(15(16)21)14(11)19-20/h2-6,8-9,17H,7H2,1H3,(H2,16,21). The highest BCUT2D eigenvalue weighted by Crippen LogP contribution is 2.18. The van der Waals surface area contributed by atoms with Crippen LogP contribution in [0, 0.1) is 0 Å². The van der Waals surface area contributed by atoms with Crippen molar-refractivity contribution in [1.82, 2.24) is 20.1 Å². The van der Waals surface area contributed by atoms with E-state index in [0.717, 1.165) is 17.5 Å². The summed E-state index contributed by atoms with van der Waals surface area (Å²) in [5.41, 5.74) is 7.47. The maximum Gasteiger partial charge on any atom is 0.250 e. The summed E-state index contributed by atoms with van der Waals surface area (Å²) in [5, 5.41) is 8.34. The molecule has 0 radical (unpaired) electrons. The topological polar surface area (TPSA) is 85.8 Å². The van der Waals surface area contributed by atoms with Gasteiger partial charge in [-0.1, -0.05) is 18.2 Å². The third-order valence-electron chi connectivity index (χ3n) is 3.23. The Balaban J connectivity index is 2.04. The van der Waals surface area contributed by atoms with Gasteiger partial charge >= 0.3 is 0 Å². The van der Waals surface area contributed by atoms with E-state index in [-0.39, 0.29) is 0 Å². The molecule has 0 atom stereocenters. The monoisotopic (exact) mass is 281 g/mol. The lowest BCUT2D eigenvalue weighted by atomic mass is 10.1. The third kappa shape index (κ3) is 2.48. The van der Waals surface area contributed by atoms with Crippen LogP contribution in [0.25, 0.3) is 16.7 Å². The molecule has 0 unspecified atom stereocenters. The van der Waals surface area contributed by atoms with E-state index >= 15 is 0 Å². The summed E-state index contributed by atoms with van der Waals surface area (Å²) >= 11 is 0. The summed E-state index contributed by atoms with van der Waals surface area (Å²) in [6.45, 7) is 0.764. The minimum Gasteiger partial charge on any atom is -0.366 e. The highest BCUT2D eigenvalue weighted by molar-refractivity contribution is 6.04.